The third-order valence-electron chi connectivity index (χ3n) is 7.56. The molecule has 3 aromatic carbocycles. The van der Waals surface area contributed by atoms with Crippen LogP contribution in [0, 0.1) is 12.8 Å². The molecule has 3 amide bonds. The second-order valence-electron chi connectivity index (χ2n) is 11.1. The predicted octanol–water partition coefficient (Wildman–Crippen LogP) is 5.20. The molecule has 0 saturated heterocycles. The summed E-state index contributed by atoms with van der Waals surface area (Å²) in [5, 5.41) is 14.9. The zero-order valence-electron chi connectivity index (χ0n) is 25.1. The Balaban J connectivity index is 1.58. The number of fused-ring (bicyclic) bond motifs is 1. The van der Waals surface area contributed by atoms with Gasteiger partial charge in [0.05, 0.1) is 35.2 Å². The van der Waals surface area contributed by atoms with E-state index in [2.05, 4.69) is 10.6 Å². The maximum Gasteiger partial charge on any atom is 0.416 e. The van der Waals surface area contributed by atoms with Gasteiger partial charge >= 0.3 is 12.2 Å². The van der Waals surface area contributed by atoms with Crippen molar-refractivity contribution < 1.29 is 41.0 Å². The number of amides is 3. The van der Waals surface area contributed by atoms with Gasteiger partial charge in [0.15, 0.2) is 0 Å². The highest BCUT2D eigenvalue weighted by molar-refractivity contribution is 7.89. The third-order valence-corrected chi connectivity index (χ3v) is 9.40. The van der Waals surface area contributed by atoms with Gasteiger partial charge in [-0.25, -0.2) is 13.2 Å². The first-order chi connectivity index (χ1) is 21.1. The molecule has 1 aliphatic heterocycles. The topological polar surface area (TPSA) is 128 Å². The van der Waals surface area contributed by atoms with E-state index in [1.807, 2.05) is 13.8 Å². The van der Waals surface area contributed by atoms with Crippen molar-refractivity contribution in [3.8, 4) is 5.75 Å². The van der Waals surface area contributed by atoms with Gasteiger partial charge < -0.3 is 25.4 Å². The standard InChI is InChI=1S/C31H35F3N4O6S/c1-19-5-12-25(13-6-19)45(42,43)37(4)17-28-20(2)16-38(21(3)18-39)29(40)26-15-24(11-14-27(26)44-28)36-30(41)35-23-9-7-22(8-10-23)31(32,33)34/h5-15,20-21,28,39H,16-18H2,1-4H3,(H2,35,36,41)/t20-,21-,28+/m0/s1. The van der Waals surface area contributed by atoms with Crippen LogP contribution in [0.1, 0.15) is 35.3 Å². The number of aliphatic hydroxyl groups excluding tert-OH is 1. The van der Waals surface area contributed by atoms with Gasteiger partial charge in [0.1, 0.15) is 11.9 Å². The molecule has 0 spiro atoms. The van der Waals surface area contributed by atoms with Crippen LogP contribution < -0.4 is 15.4 Å². The van der Waals surface area contributed by atoms with E-state index >= 15 is 0 Å². The molecule has 0 unspecified atom stereocenters. The fraction of sp³-hybridized carbons (Fsp3) is 0.355. The third kappa shape index (κ3) is 7.93. The number of aliphatic hydroxyl groups is 1. The summed E-state index contributed by atoms with van der Waals surface area (Å²) in [5.41, 5.74) is 0.441. The van der Waals surface area contributed by atoms with Gasteiger partial charge in [-0.2, -0.15) is 17.5 Å². The van der Waals surface area contributed by atoms with E-state index in [9.17, 15) is 36.3 Å². The second-order valence-corrected chi connectivity index (χ2v) is 13.1. The average molecular weight is 649 g/mol. The average Bonchev–Trinajstić information content (AvgIpc) is 2.98. The number of benzene rings is 3. The molecule has 45 heavy (non-hydrogen) atoms. The van der Waals surface area contributed by atoms with Gasteiger partial charge in [0.2, 0.25) is 10.0 Å². The minimum absolute atomic E-state index is 0.0398. The second kappa shape index (κ2) is 13.5. The number of hydrogen-bond donors (Lipinski definition) is 3. The van der Waals surface area contributed by atoms with E-state index in [0.717, 1.165) is 29.8 Å². The van der Waals surface area contributed by atoms with Crippen molar-refractivity contribution >= 4 is 33.3 Å². The van der Waals surface area contributed by atoms with Crippen LogP contribution in [-0.4, -0.2) is 73.6 Å². The fourth-order valence-electron chi connectivity index (χ4n) is 4.80. The molecular formula is C31H35F3N4O6S. The van der Waals surface area contributed by atoms with Gasteiger partial charge in [0.25, 0.3) is 5.91 Å². The van der Waals surface area contributed by atoms with Gasteiger partial charge in [-0.05, 0) is 68.4 Å². The van der Waals surface area contributed by atoms with E-state index in [-0.39, 0.29) is 53.2 Å². The number of likely N-dealkylation sites (N-methyl/N-ethyl adjacent to an activating group) is 1. The van der Waals surface area contributed by atoms with Crippen molar-refractivity contribution in [1.29, 1.82) is 0 Å². The molecule has 242 valence electrons. The summed E-state index contributed by atoms with van der Waals surface area (Å²) >= 11 is 0. The molecule has 4 rings (SSSR count). The molecule has 0 aromatic heterocycles. The number of carbonyl (C=O) groups excluding carboxylic acids is 2. The number of rotatable bonds is 8. The molecule has 10 nitrogen and oxygen atoms in total. The minimum Gasteiger partial charge on any atom is -0.488 e. The molecule has 1 heterocycles. The lowest BCUT2D eigenvalue weighted by Gasteiger charge is -2.38. The Morgan fingerprint density at radius 1 is 1.07 bits per heavy atom. The number of halogens is 3. The largest absolute Gasteiger partial charge is 0.488 e. The maximum atomic E-state index is 13.7. The van der Waals surface area contributed by atoms with Crippen molar-refractivity contribution in [2.75, 3.05) is 37.4 Å². The number of anilines is 2. The Labute approximate surface area is 259 Å². The lowest BCUT2D eigenvalue weighted by molar-refractivity contribution is -0.137. The SMILES string of the molecule is Cc1ccc(S(=O)(=O)N(C)C[C@H]2Oc3ccc(NC(=O)Nc4ccc(C(F)(F)F)cc4)cc3C(=O)N([C@@H](C)CO)C[C@@H]2C)cc1. The first-order valence-electron chi connectivity index (χ1n) is 14.1. The summed E-state index contributed by atoms with van der Waals surface area (Å²) in [5.74, 6) is -0.662. The first kappa shape index (κ1) is 33.7. The monoisotopic (exact) mass is 648 g/mol. The number of hydrogen-bond acceptors (Lipinski definition) is 6. The summed E-state index contributed by atoms with van der Waals surface area (Å²) in [4.78, 5) is 27.9. The summed E-state index contributed by atoms with van der Waals surface area (Å²) < 4.78 is 72.6. The summed E-state index contributed by atoms with van der Waals surface area (Å²) in [6, 6.07) is 13.4. The lowest BCUT2D eigenvalue weighted by Crippen LogP contribution is -2.50. The van der Waals surface area contributed by atoms with Gasteiger partial charge in [0, 0.05) is 30.9 Å². The van der Waals surface area contributed by atoms with Crippen LogP contribution in [0.15, 0.2) is 71.6 Å². The Hall–Kier alpha value is -4.14. The van der Waals surface area contributed by atoms with Crippen molar-refractivity contribution in [2.45, 2.75) is 44.0 Å². The Kier molecular flexibility index (Phi) is 10.1. The molecule has 3 N–H and O–H groups in total. The molecule has 1 aliphatic rings. The number of nitrogens with zero attached hydrogens (tertiary/aromatic N) is 2. The Morgan fingerprint density at radius 3 is 2.27 bits per heavy atom. The Morgan fingerprint density at radius 2 is 1.67 bits per heavy atom. The van der Waals surface area contributed by atoms with E-state index in [1.165, 1.54) is 46.6 Å². The van der Waals surface area contributed by atoms with Crippen LogP contribution in [0.2, 0.25) is 0 Å². The van der Waals surface area contributed by atoms with Crippen LogP contribution >= 0.6 is 0 Å². The zero-order chi connectivity index (χ0) is 33.1. The highest BCUT2D eigenvalue weighted by atomic mass is 32.2. The summed E-state index contributed by atoms with van der Waals surface area (Å²) in [6.07, 6.45) is -5.21. The predicted molar refractivity (Wildman–Crippen MR) is 163 cm³/mol. The number of nitrogens with one attached hydrogen (secondary N) is 2. The summed E-state index contributed by atoms with van der Waals surface area (Å²) in [6.45, 7) is 5.14. The molecular weight excluding hydrogens is 613 g/mol. The van der Waals surface area contributed by atoms with Gasteiger partial charge in [-0.3, -0.25) is 4.79 Å². The van der Waals surface area contributed by atoms with Crippen molar-refractivity contribution in [3.63, 3.8) is 0 Å². The number of carbonyl (C=O) groups is 2. The van der Waals surface area contributed by atoms with Crippen LogP contribution in [0.5, 0.6) is 5.75 Å². The van der Waals surface area contributed by atoms with Crippen LogP contribution in [-0.2, 0) is 16.2 Å². The molecule has 0 saturated carbocycles. The van der Waals surface area contributed by atoms with Crippen molar-refractivity contribution in [1.82, 2.24) is 9.21 Å². The molecule has 3 atom stereocenters. The number of urea groups is 1. The van der Waals surface area contributed by atoms with Gasteiger partial charge in [-0.1, -0.05) is 24.6 Å². The van der Waals surface area contributed by atoms with Gasteiger partial charge in [-0.15, -0.1) is 0 Å². The molecule has 0 aliphatic carbocycles. The van der Waals surface area contributed by atoms with E-state index in [1.54, 1.807) is 19.1 Å². The van der Waals surface area contributed by atoms with E-state index in [4.69, 9.17) is 4.74 Å². The van der Waals surface area contributed by atoms with Crippen LogP contribution in [0.4, 0.5) is 29.3 Å². The van der Waals surface area contributed by atoms with Crippen molar-refractivity contribution in [2.24, 2.45) is 5.92 Å². The highest BCUT2D eigenvalue weighted by Gasteiger charge is 2.35. The van der Waals surface area contributed by atoms with E-state index in [0.29, 0.717) is 0 Å². The first-order valence-corrected chi connectivity index (χ1v) is 15.5. The highest BCUT2D eigenvalue weighted by Crippen LogP contribution is 2.32. The molecule has 0 bridgehead atoms. The number of sulfonamides is 1. The maximum absolute atomic E-state index is 13.7. The van der Waals surface area contributed by atoms with Crippen LogP contribution in [0.3, 0.4) is 0 Å². The number of alkyl halides is 3. The smallest absolute Gasteiger partial charge is 0.416 e. The fourth-order valence-corrected chi connectivity index (χ4v) is 5.98. The number of aryl methyl sites for hydroxylation is 1. The Bertz CT molecular complexity index is 1630. The molecule has 0 fully saturated rings. The molecule has 14 heteroatoms. The summed E-state index contributed by atoms with van der Waals surface area (Å²) in [7, 11) is -2.40. The zero-order valence-corrected chi connectivity index (χ0v) is 25.9. The van der Waals surface area contributed by atoms with Crippen LogP contribution in [0.25, 0.3) is 0 Å². The quantitative estimate of drug-likeness (QED) is 0.308. The lowest BCUT2D eigenvalue weighted by atomic mass is 9.99. The molecule has 3 aromatic rings. The van der Waals surface area contributed by atoms with E-state index < -0.39 is 45.8 Å². The molecule has 0 radical (unpaired) electrons. The van der Waals surface area contributed by atoms with Crippen molar-refractivity contribution in [3.05, 3.63) is 83.4 Å². The number of ether oxygens (including phenoxy) is 1. The minimum atomic E-state index is -4.51. The normalized spacial score (nSPS) is 18.0.